The van der Waals surface area contributed by atoms with Gasteiger partial charge in [-0.2, -0.15) is 0 Å². The number of hydrogen-bond donors (Lipinski definition) is 1. The van der Waals surface area contributed by atoms with Gasteiger partial charge in [-0.05, 0) is 61.1 Å². The molecule has 0 saturated heterocycles. The maximum absolute atomic E-state index is 12.7. The van der Waals surface area contributed by atoms with Crippen LogP contribution in [0.2, 0.25) is 0 Å². The summed E-state index contributed by atoms with van der Waals surface area (Å²) in [7, 11) is 3.30. The molecule has 0 radical (unpaired) electrons. The number of rotatable bonds is 5. The molecular formula is C21H27NO3. The molecule has 0 amide bonds. The van der Waals surface area contributed by atoms with E-state index in [2.05, 4.69) is 5.32 Å². The highest BCUT2D eigenvalue weighted by Gasteiger charge is 2.39. The van der Waals surface area contributed by atoms with E-state index in [4.69, 9.17) is 9.47 Å². The van der Waals surface area contributed by atoms with Crippen molar-refractivity contribution in [2.24, 2.45) is 17.8 Å². The Balaban J connectivity index is 1.55. The fraction of sp³-hybridized carbons (Fsp3) is 0.571. The van der Waals surface area contributed by atoms with E-state index in [1.54, 1.807) is 14.2 Å². The van der Waals surface area contributed by atoms with Crippen molar-refractivity contribution >= 4 is 11.5 Å². The third-order valence-electron chi connectivity index (χ3n) is 6.26. The van der Waals surface area contributed by atoms with Crippen LogP contribution in [-0.2, 0) is 11.2 Å². The van der Waals surface area contributed by atoms with Gasteiger partial charge in [0.15, 0.2) is 17.3 Å². The average Bonchev–Trinajstić information content (AvgIpc) is 3.23. The Bertz CT molecular complexity index is 709. The minimum atomic E-state index is 0.252. The molecule has 4 rings (SSSR count). The molecule has 4 nitrogen and oxygen atoms in total. The summed E-state index contributed by atoms with van der Waals surface area (Å²) in [5.74, 6) is 4.00. The zero-order chi connectivity index (χ0) is 17.4. The molecular weight excluding hydrogens is 314 g/mol. The van der Waals surface area contributed by atoms with E-state index in [0.717, 1.165) is 41.8 Å². The Morgan fingerprint density at radius 1 is 1.20 bits per heavy atom. The first-order chi connectivity index (χ1) is 12.2. The molecule has 0 unspecified atom stereocenters. The van der Waals surface area contributed by atoms with Gasteiger partial charge in [0.25, 0.3) is 0 Å². The number of carbonyl (C=O) groups is 1. The molecule has 1 heterocycles. The zero-order valence-corrected chi connectivity index (χ0v) is 15.1. The second kappa shape index (κ2) is 6.74. The van der Waals surface area contributed by atoms with E-state index in [1.807, 2.05) is 18.2 Å². The maximum atomic E-state index is 12.7. The van der Waals surface area contributed by atoms with Crippen molar-refractivity contribution < 1.29 is 14.3 Å². The number of methoxy groups -OCH3 is 2. The van der Waals surface area contributed by atoms with E-state index < -0.39 is 0 Å². The van der Waals surface area contributed by atoms with Crippen molar-refractivity contribution in [3.63, 3.8) is 0 Å². The first kappa shape index (κ1) is 16.5. The van der Waals surface area contributed by atoms with Gasteiger partial charge in [0, 0.05) is 30.3 Å². The lowest BCUT2D eigenvalue weighted by atomic mass is 9.85. The standard InChI is InChI=1S/C21H27NO3/c1-24-20-10-15-5-6-22-19(18(15)12-21(20)25-2)11-17(23)9-16-8-13-3-4-14(16)7-13/h10-14,16,22H,3-9H2,1-2H3/b19-11-/t13-,14+,16-/m1/s1. The Kier molecular flexibility index (Phi) is 4.45. The molecule has 2 aliphatic carbocycles. The number of ketones is 1. The molecule has 0 aromatic heterocycles. The number of allylic oxidation sites excluding steroid dienone is 1. The van der Waals surface area contributed by atoms with Crippen molar-refractivity contribution in [3.05, 3.63) is 29.3 Å². The molecule has 0 spiro atoms. The zero-order valence-electron chi connectivity index (χ0n) is 15.1. The Morgan fingerprint density at radius 3 is 2.68 bits per heavy atom. The van der Waals surface area contributed by atoms with Crippen molar-refractivity contribution in [1.82, 2.24) is 5.32 Å². The first-order valence-corrected chi connectivity index (χ1v) is 9.41. The van der Waals surface area contributed by atoms with Gasteiger partial charge in [0.05, 0.1) is 14.2 Å². The van der Waals surface area contributed by atoms with Gasteiger partial charge in [-0.25, -0.2) is 0 Å². The number of ether oxygens (including phenoxy) is 2. The fourth-order valence-corrected chi connectivity index (χ4v) is 5.04. The highest BCUT2D eigenvalue weighted by molar-refractivity contribution is 5.97. The normalized spacial score (nSPS) is 28.6. The molecule has 134 valence electrons. The molecule has 25 heavy (non-hydrogen) atoms. The third kappa shape index (κ3) is 3.14. The monoisotopic (exact) mass is 341 g/mol. The number of fused-ring (bicyclic) bond motifs is 3. The van der Waals surface area contributed by atoms with Crippen LogP contribution in [0.3, 0.4) is 0 Å². The number of benzene rings is 1. The van der Waals surface area contributed by atoms with Gasteiger partial charge in [0.1, 0.15) is 0 Å². The van der Waals surface area contributed by atoms with E-state index in [1.165, 1.54) is 31.2 Å². The number of hydrogen-bond acceptors (Lipinski definition) is 4. The van der Waals surface area contributed by atoms with Gasteiger partial charge < -0.3 is 14.8 Å². The molecule has 3 aliphatic rings. The number of nitrogens with one attached hydrogen (secondary N) is 1. The second-order valence-electron chi connectivity index (χ2n) is 7.70. The summed E-state index contributed by atoms with van der Waals surface area (Å²) < 4.78 is 10.8. The van der Waals surface area contributed by atoms with Gasteiger partial charge in [-0.3, -0.25) is 4.79 Å². The maximum Gasteiger partial charge on any atom is 0.161 e. The van der Waals surface area contributed by atoms with Crippen molar-refractivity contribution in [2.45, 2.75) is 38.5 Å². The minimum Gasteiger partial charge on any atom is -0.493 e. The van der Waals surface area contributed by atoms with E-state index in [-0.39, 0.29) is 5.78 Å². The lowest BCUT2D eigenvalue weighted by molar-refractivity contribution is -0.115. The predicted octanol–water partition coefficient (Wildman–Crippen LogP) is 3.59. The van der Waals surface area contributed by atoms with E-state index >= 15 is 0 Å². The van der Waals surface area contributed by atoms with Crippen LogP contribution < -0.4 is 14.8 Å². The van der Waals surface area contributed by atoms with Gasteiger partial charge in [-0.15, -0.1) is 0 Å². The van der Waals surface area contributed by atoms with Crippen LogP contribution in [-0.4, -0.2) is 26.5 Å². The second-order valence-corrected chi connectivity index (χ2v) is 7.70. The molecule has 1 aromatic rings. The van der Waals surface area contributed by atoms with Crippen LogP contribution >= 0.6 is 0 Å². The average molecular weight is 341 g/mol. The lowest BCUT2D eigenvalue weighted by Gasteiger charge is -2.24. The predicted molar refractivity (Wildman–Crippen MR) is 97.8 cm³/mol. The van der Waals surface area contributed by atoms with Crippen LogP contribution in [0.15, 0.2) is 18.2 Å². The van der Waals surface area contributed by atoms with Crippen molar-refractivity contribution in [3.8, 4) is 11.5 Å². The largest absolute Gasteiger partial charge is 0.493 e. The summed E-state index contributed by atoms with van der Waals surface area (Å²) in [5.41, 5.74) is 3.19. The molecule has 2 bridgehead atoms. The van der Waals surface area contributed by atoms with Crippen LogP contribution in [0, 0.1) is 17.8 Å². The smallest absolute Gasteiger partial charge is 0.161 e. The van der Waals surface area contributed by atoms with Crippen LogP contribution in [0.4, 0.5) is 0 Å². The van der Waals surface area contributed by atoms with Crippen molar-refractivity contribution in [2.75, 3.05) is 20.8 Å². The van der Waals surface area contributed by atoms with Crippen LogP contribution in [0.5, 0.6) is 11.5 Å². The highest BCUT2D eigenvalue weighted by Crippen LogP contribution is 2.49. The summed E-state index contributed by atoms with van der Waals surface area (Å²) in [4.78, 5) is 12.7. The summed E-state index contributed by atoms with van der Waals surface area (Å²) in [5, 5.41) is 3.40. The number of carbonyl (C=O) groups excluding carboxylic acids is 1. The molecule has 4 heteroatoms. The highest BCUT2D eigenvalue weighted by atomic mass is 16.5. The summed E-state index contributed by atoms with van der Waals surface area (Å²) in [6, 6.07) is 4.01. The summed E-state index contributed by atoms with van der Waals surface area (Å²) in [6.45, 7) is 0.843. The first-order valence-electron chi connectivity index (χ1n) is 9.41. The Hall–Kier alpha value is -1.97. The van der Waals surface area contributed by atoms with Crippen LogP contribution in [0.25, 0.3) is 5.70 Å². The summed E-state index contributed by atoms with van der Waals surface area (Å²) >= 11 is 0. The Labute approximate surface area is 149 Å². The topological polar surface area (TPSA) is 47.6 Å². The molecule has 2 saturated carbocycles. The van der Waals surface area contributed by atoms with Crippen molar-refractivity contribution in [1.29, 1.82) is 0 Å². The molecule has 2 fully saturated rings. The molecule has 1 aromatic carbocycles. The van der Waals surface area contributed by atoms with Gasteiger partial charge >= 0.3 is 0 Å². The minimum absolute atomic E-state index is 0.252. The molecule has 1 N–H and O–H groups in total. The SMILES string of the molecule is COc1cc2c(cc1OC)/C(=C/C(=O)C[C@H]1C[C@@H]3CC[C@H]1C3)NCC2. The summed E-state index contributed by atoms with van der Waals surface area (Å²) in [6.07, 6.45) is 8.77. The Morgan fingerprint density at radius 2 is 2.00 bits per heavy atom. The fourth-order valence-electron chi connectivity index (χ4n) is 5.04. The molecule has 3 atom stereocenters. The van der Waals surface area contributed by atoms with Gasteiger partial charge in [-0.1, -0.05) is 6.42 Å². The lowest BCUT2D eigenvalue weighted by Crippen LogP contribution is -2.24. The van der Waals surface area contributed by atoms with Gasteiger partial charge in [0.2, 0.25) is 0 Å². The molecule has 1 aliphatic heterocycles. The van der Waals surface area contributed by atoms with E-state index in [0.29, 0.717) is 18.1 Å². The quantitative estimate of drug-likeness (QED) is 0.832. The third-order valence-corrected chi connectivity index (χ3v) is 6.26. The van der Waals surface area contributed by atoms with E-state index in [9.17, 15) is 4.79 Å². The van der Waals surface area contributed by atoms with Crippen LogP contribution in [0.1, 0.15) is 43.2 Å².